The van der Waals surface area contributed by atoms with Crippen LogP contribution in [0.5, 0.6) is 0 Å². The molecule has 1 aliphatic heterocycles. The largest absolute Gasteiger partial charge is 0.379 e. The number of para-hydroxylation sites is 2. The lowest BCUT2D eigenvalue weighted by Crippen LogP contribution is -2.50. The predicted molar refractivity (Wildman–Crippen MR) is 71.2 cm³/mol. The number of nitrogens with zero attached hydrogens (tertiary/aromatic N) is 1. The number of anilines is 2. The van der Waals surface area contributed by atoms with Crippen molar-refractivity contribution in [2.24, 2.45) is 0 Å². The Balaban J connectivity index is 2.38. The van der Waals surface area contributed by atoms with Crippen LogP contribution in [0.4, 0.5) is 11.4 Å². The van der Waals surface area contributed by atoms with Crippen LogP contribution in [0.3, 0.4) is 0 Å². The highest BCUT2D eigenvalue weighted by atomic mass is 15.2. The van der Waals surface area contributed by atoms with Crippen molar-refractivity contribution in [3.63, 3.8) is 0 Å². The van der Waals surface area contributed by atoms with Gasteiger partial charge in [-0.2, -0.15) is 0 Å². The van der Waals surface area contributed by atoms with E-state index in [1.165, 1.54) is 24.2 Å². The maximum absolute atomic E-state index is 3.67. The molecule has 2 nitrogen and oxygen atoms in total. The Morgan fingerprint density at radius 1 is 1.12 bits per heavy atom. The van der Waals surface area contributed by atoms with E-state index in [4.69, 9.17) is 0 Å². The Hall–Kier alpha value is -1.18. The third-order valence-corrected chi connectivity index (χ3v) is 3.62. The third kappa shape index (κ3) is 1.77. The van der Waals surface area contributed by atoms with E-state index >= 15 is 0 Å². The molecule has 88 valence electrons. The Kier molecular flexibility index (Phi) is 3.37. The maximum Gasteiger partial charge on any atom is 0.0605 e. The van der Waals surface area contributed by atoms with E-state index in [9.17, 15) is 0 Å². The fourth-order valence-electron chi connectivity index (χ4n) is 2.82. The van der Waals surface area contributed by atoms with Crippen molar-refractivity contribution in [1.29, 1.82) is 0 Å². The van der Waals surface area contributed by atoms with Crippen LogP contribution in [0, 0.1) is 0 Å². The molecule has 0 amide bonds. The molecule has 0 fully saturated rings. The average molecular weight is 218 g/mol. The van der Waals surface area contributed by atoms with Crippen LogP contribution in [-0.4, -0.2) is 18.6 Å². The summed E-state index contributed by atoms with van der Waals surface area (Å²) in [6.07, 6.45) is 2.39. The number of benzene rings is 1. The summed E-state index contributed by atoms with van der Waals surface area (Å²) in [6.45, 7) is 7.89. The van der Waals surface area contributed by atoms with Crippen LogP contribution < -0.4 is 10.2 Å². The molecular formula is C14H22N2. The van der Waals surface area contributed by atoms with Crippen molar-refractivity contribution in [2.45, 2.75) is 45.7 Å². The third-order valence-electron chi connectivity index (χ3n) is 3.62. The Morgan fingerprint density at radius 3 is 2.50 bits per heavy atom. The van der Waals surface area contributed by atoms with Gasteiger partial charge in [0, 0.05) is 18.6 Å². The highest BCUT2D eigenvalue weighted by Crippen LogP contribution is 2.35. The SMILES string of the molecule is CCC1Nc2ccccc2N(CC)C1CC. The summed E-state index contributed by atoms with van der Waals surface area (Å²) in [7, 11) is 0. The lowest BCUT2D eigenvalue weighted by molar-refractivity contribution is 0.478. The second kappa shape index (κ2) is 4.77. The van der Waals surface area contributed by atoms with E-state index in [-0.39, 0.29) is 0 Å². The molecule has 0 saturated carbocycles. The molecule has 2 unspecified atom stereocenters. The minimum Gasteiger partial charge on any atom is -0.379 e. The van der Waals surface area contributed by atoms with Crippen LogP contribution in [0.25, 0.3) is 0 Å². The molecule has 1 aliphatic rings. The Labute approximate surface area is 98.7 Å². The van der Waals surface area contributed by atoms with Gasteiger partial charge >= 0.3 is 0 Å². The summed E-state index contributed by atoms with van der Waals surface area (Å²) in [5, 5.41) is 3.67. The summed E-state index contributed by atoms with van der Waals surface area (Å²) in [5.74, 6) is 0. The van der Waals surface area contributed by atoms with E-state index in [1.54, 1.807) is 0 Å². The number of nitrogens with one attached hydrogen (secondary N) is 1. The predicted octanol–water partition coefficient (Wildman–Crippen LogP) is 3.50. The van der Waals surface area contributed by atoms with Gasteiger partial charge in [0.25, 0.3) is 0 Å². The average Bonchev–Trinajstić information content (AvgIpc) is 2.36. The van der Waals surface area contributed by atoms with Gasteiger partial charge in [0.2, 0.25) is 0 Å². The molecular weight excluding hydrogens is 196 g/mol. The first-order valence-electron chi connectivity index (χ1n) is 6.44. The summed E-state index contributed by atoms with van der Waals surface area (Å²) in [6, 6.07) is 9.86. The topological polar surface area (TPSA) is 15.3 Å². The smallest absolute Gasteiger partial charge is 0.0605 e. The zero-order valence-corrected chi connectivity index (χ0v) is 10.5. The number of fused-ring (bicyclic) bond motifs is 1. The van der Waals surface area contributed by atoms with Gasteiger partial charge in [-0.25, -0.2) is 0 Å². The van der Waals surface area contributed by atoms with Crippen LogP contribution in [-0.2, 0) is 0 Å². The Bertz CT molecular complexity index is 348. The summed E-state index contributed by atoms with van der Waals surface area (Å²) in [4.78, 5) is 2.54. The molecule has 2 atom stereocenters. The minimum atomic E-state index is 0.583. The molecule has 0 radical (unpaired) electrons. The molecule has 2 heteroatoms. The summed E-state index contributed by atoms with van der Waals surface area (Å²) < 4.78 is 0. The molecule has 1 heterocycles. The maximum atomic E-state index is 3.67. The van der Waals surface area contributed by atoms with Gasteiger partial charge in [0.1, 0.15) is 0 Å². The first-order valence-corrected chi connectivity index (χ1v) is 6.44. The molecule has 1 aromatic carbocycles. The first-order chi connectivity index (χ1) is 7.81. The van der Waals surface area contributed by atoms with Crippen molar-refractivity contribution in [3.8, 4) is 0 Å². The quantitative estimate of drug-likeness (QED) is 0.835. The highest BCUT2D eigenvalue weighted by Gasteiger charge is 2.30. The summed E-state index contributed by atoms with van der Waals surface area (Å²) in [5.41, 5.74) is 2.66. The number of likely N-dealkylation sites (N-methyl/N-ethyl adjacent to an activating group) is 1. The lowest BCUT2D eigenvalue weighted by atomic mass is 9.96. The normalized spacial score (nSPS) is 23.8. The molecule has 0 aliphatic carbocycles. The molecule has 1 N–H and O–H groups in total. The van der Waals surface area contributed by atoms with Crippen molar-refractivity contribution < 1.29 is 0 Å². The van der Waals surface area contributed by atoms with Gasteiger partial charge < -0.3 is 10.2 Å². The van der Waals surface area contributed by atoms with E-state index < -0.39 is 0 Å². The zero-order valence-electron chi connectivity index (χ0n) is 10.5. The molecule has 0 aromatic heterocycles. The van der Waals surface area contributed by atoms with Crippen LogP contribution in [0.15, 0.2) is 24.3 Å². The molecule has 2 rings (SSSR count). The highest BCUT2D eigenvalue weighted by molar-refractivity contribution is 5.73. The van der Waals surface area contributed by atoms with Gasteiger partial charge in [-0.3, -0.25) is 0 Å². The zero-order chi connectivity index (χ0) is 11.5. The molecule has 0 spiro atoms. The van der Waals surface area contributed by atoms with E-state index in [2.05, 4.69) is 55.3 Å². The van der Waals surface area contributed by atoms with E-state index in [0.717, 1.165) is 6.54 Å². The van der Waals surface area contributed by atoms with Gasteiger partial charge in [0.15, 0.2) is 0 Å². The van der Waals surface area contributed by atoms with Crippen molar-refractivity contribution in [3.05, 3.63) is 24.3 Å². The monoisotopic (exact) mass is 218 g/mol. The number of hydrogen-bond acceptors (Lipinski definition) is 2. The lowest BCUT2D eigenvalue weighted by Gasteiger charge is -2.43. The second-order valence-electron chi connectivity index (χ2n) is 4.44. The van der Waals surface area contributed by atoms with Crippen molar-refractivity contribution in [2.75, 3.05) is 16.8 Å². The van der Waals surface area contributed by atoms with E-state index in [0.29, 0.717) is 12.1 Å². The fourth-order valence-corrected chi connectivity index (χ4v) is 2.82. The fraction of sp³-hybridized carbons (Fsp3) is 0.571. The first kappa shape index (κ1) is 11.3. The molecule has 16 heavy (non-hydrogen) atoms. The van der Waals surface area contributed by atoms with Gasteiger partial charge in [0.05, 0.1) is 11.4 Å². The summed E-state index contributed by atoms with van der Waals surface area (Å²) >= 11 is 0. The molecule has 0 bridgehead atoms. The number of hydrogen-bond donors (Lipinski definition) is 1. The van der Waals surface area contributed by atoms with Gasteiger partial charge in [-0.05, 0) is 31.9 Å². The van der Waals surface area contributed by atoms with Crippen molar-refractivity contribution in [1.82, 2.24) is 0 Å². The minimum absolute atomic E-state index is 0.583. The van der Waals surface area contributed by atoms with Crippen molar-refractivity contribution >= 4 is 11.4 Å². The standard InChI is InChI=1S/C14H22N2/c1-4-11-13(5-2)16(6-3)14-10-8-7-9-12(14)15-11/h7-11,13,15H,4-6H2,1-3H3. The van der Waals surface area contributed by atoms with Gasteiger partial charge in [-0.1, -0.05) is 26.0 Å². The van der Waals surface area contributed by atoms with Crippen LogP contribution in [0.2, 0.25) is 0 Å². The number of rotatable bonds is 3. The van der Waals surface area contributed by atoms with Crippen LogP contribution >= 0.6 is 0 Å². The molecule has 1 aromatic rings. The Morgan fingerprint density at radius 2 is 1.88 bits per heavy atom. The van der Waals surface area contributed by atoms with Gasteiger partial charge in [-0.15, -0.1) is 0 Å². The molecule has 0 saturated heterocycles. The van der Waals surface area contributed by atoms with Crippen LogP contribution in [0.1, 0.15) is 33.6 Å². The van der Waals surface area contributed by atoms with E-state index in [1.807, 2.05) is 0 Å². The second-order valence-corrected chi connectivity index (χ2v) is 4.44.